The lowest BCUT2D eigenvalue weighted by molar-refractivity contribution is -0.163. The molecule has 2 aromatic carbocycles. The summed E-state index contributed by atoms with van der Waals surface area (Å²) in [5, 5.41) is 20.2. The number of carbonyl (C=O) groups excluding carboxylic acids is 1. The zero-order valence-corrected chi connectivity index (χ0v) is 15.0. The SMILES string of the molecule is COc1ccc(C(=O)O[C@@H]2[C@@H](O)[C@H](O)CO[C@H]2Sc2ccccc2)cc1. The minimum atomic E-state index is -1.23. The maximum absolute atomic E-state index is 12.4. The third kappa shape index (κ3) is 4.37. The van der Waals surface area contributed by atoms with Crippen molar-refractivity contribution < 1.29 is 29.2 Å². The molecule has 1 saturated heterocycles. The molecule has 0 amide bonds. The summed E-state index contributed by atoms with van der Waals surface area (Å²) in [5.41, 5.74) is -0.306. The van der Waals surface area contributed by atoms with E-state index in [1.165, 1.54) is 18.9 Å². The van der Waals surface area contributed by atoms with Gasteiger partial charge in [-0.05, 0) is 36.4 Å². The van der Waals surface area contributed by atoms with Crippen LogP contribution in [0.5, 0.6) is 5.75 Å². The number of rotatable bonds is 5. The lowest BCUT2D eigenvalue weighted by Crippen LogP contribution is -2.53. The molecule has 0 bridgehead atoms. The molecule has 0 spiro atoms. The summed E-state index contributed by atoms with van der Waals surface area (Å²) in [7, 11) is 1.54. The third-order valence-corrected chi connectivity index (χ3v) is 5.18. The topological polar surface area (TPSA) is 85.2 Å². The lowest BCUT2D eigenvalue weighted by atomic mass is 10.1. The minimum absolute atomic E-state index is 0.0255. The predicted octanol–water partition coefficient (Wildman–Crippen LogP) is 2.09. The van der Waals surface area contributed by atoms with Crippen molar-refractivity contribution in [2.45, 2.75) is 28.6 Å². The van der Waals surface area contributed by atoms with Gasteiger partial charge in [-0.25, -0.2) is 4.79 Å². The Bertz CT molecular complexity index is 721. The van der Waals surface area contributed by atoms with Gasteiger partial charge in [0.15, 0.2) is 6.10 Å². The molecule has 6 nitrogen and oxygen atoms in total. The number of aliphatic hydroxyl groups is 2. The van der Waals surface area contributed by atoms with Gasteiger partial charge >= 0.3 is 5.97 Å². The van der Waals surface area contributed by atoms with Gasteiger partial charge in [0.2, 0.25) is 0 Å². The van der Waals surface area contributed by atoms with E-state index in [1.807, 2.05) is 30.3 Å². The monoisotopic (exact) mass is 376 g/mol. The second-order valence-corrected chi connectivity index (χ2v) is 6.96. The molecule has 26 heavy (non-hydrogen) atoms. The number of hydrogen-bond acceptors (Lipinski definition) is 7. The fourth-order valence-corrected chi connectivity index (χ4v) is 3.62. The van der Waals surface area contributed by atoms with E-state index in [1.54, 1.807) is 24.3 Å². The highest BCUT2D eigenvalue weighted by Gasteiger charge is 2.42. The van der Waals surface area contributed by atoms with E-state index in [4.69, 9.17) is 14.2 Å². The second kappa shape index (κ2) is 8.55. The highest BCUT2D eigenvalue weighted by molar-refractivity contribution is 7.99. The van der Waals surface area contributed by atoms with Gasteiger partial charge in [0.1, 0.15) is 23.4 Å². The summed E-state index contributed by atoms with van der Waals surface area (Å²) >= 11 is 1.33. The van der Waals surface area contributed by atoms with E-state index < -0.39 is 29.7 Å². The van der Waals surface area contributed by atoms with Crippen LogP contribution in [0.3, 0.4) is 0 Å². The van der Waals surface area contributed by atoms with Crippen LogP contribution in [-0.2, 0) is 9.47 Å². The standard InChI is InChI=1S/C19H20O6S/c1-23-13-9-7-12(8-10-13)18(22)25-17-16(21)15(20)11-24-19(17)26-14-5-3-2-4-6-14/h2-10,15-17,19-21H,11H2,1H3/t15-,16+,17-,19+/m1/s1. The first-order valence-corrected chi connectivity index (χ1v) is 9.01. The first kappa shape index (κ1) is 18.7. The zero-order valence-electron chi connectivity index (χ0n) is 14.1. The average molecular weight is 376 g/mol. The zero-order chi connectivity index (χ0) is 18.5. The first-order valence-electron chi connectivity index (χ1n) is 8.13. The van der Waals surface area contributed by atoms with Crippen LogP contribution >= 0.6 is 11.8 Å². The van der Waals surface area contributed by atoms with Crippen LogP contribution in [0.4, 0.5) is 0 Å². The smallest absolute Gasteiger partial charge is 0.338 e. The van der Waals surface area contributed by atoms with Crippen molar-refractivity contribution in [3.05, 3.63) is 60.2 Å². The van der Waals surface area contributed by atoms with Crippen molar-refractivity contribution in [3.8, 4) is 5.75 Å². The molecule has 138 valence electrons. The van der Waals surface area contributed by atoms with Gasteiger partial charge in [0, 0.05) is 4.90 Å². The molecule has 2 aromatic rings. The van der Waals surface area contributed by atoms with Crippen LogP contribution < -0.4 is 4.74 Å². The third-order valence-electron chi connectivity index (χ3n) is 3.99. The molecule has 1 aliphatic rings. The lowest BCUT2D eigenvalue weighted by Gasteiger charge is -2.37. The molecule has 0 aliphatic carbocycles. The molecular formula is C19H20O6S. The summed E-state index contributed by atoms with van der Waals surface area (Å²) in [6, 6.07) is 15.9. The summed E-state index contributed by atoms with van der Waals surface area (Å²) in [4.78, 5) is 13.4. The molecule has 1 heterocycles. The van der Waals surface area contributed by atoms with E-state index in [9.17, 15) is 15.0 Å². The van der Waals surface area contributed by atoms with Gasteiger partial charge in [0.05, 0.1) is 19.3 Å². The van der Waals surface area contributed by atoms with E-state index in [0.29, 0.717) is 11.3 Å². The quantitative estimate of drug-likeness (QED) is 0.773. The van der Waals surface area contributed by atoms with Crippen molar-refractivity contribution in [1.29, 1.82) is 0 Å². The van der Waals surface area contributed by atoms with Gasteiger partial charge in [-0.2, -0.15) is 0 Å². The van der Waals surface area contributed by atoms with Gasteiger partial charge in [-0.15, -0.1) is 0 Å². The summed E-state index contributed by atoms with van der Waals surface area (Å²) < 4.78 is 16.2. The molecule has 4 atom stereocenters. The van der Waals surface area contributed by atoms with Crippen LogP contribution in [0.1, 0.15) is 10.4 Å². The first-order chi connectivity index (χ1) is 12.6. The fourth-order valence-electron chi connectivity index (χ4n) is 2.55. The second-order valence-electron chi connectivity index (χ2n) is 5.79. The summed E-state index contributed by atoms with van der Waals surface area (Å²) in [6.07, 6.45) is -3.35. The van der Waals surface area contributed by atoms with Crippen molar-refractivity contribution in [2.24, 2.45) is 0 Å². The summed E-state index contributed by atoms with van der Waals surface area (Å²) in [6.45, 7) is -0.0255. The average Bonchev–Trinajstić information content (AvgIpc) is 2.68. The molecule has 0 unspecified atom stereocenters. The number of ether oxygens (including phenoxy) is 3. The molecule has 7 heteroatoms. The Hall–Kier alpha value is -2.06. The van der Waals surface area contributed by atoms with Crippen LogP contribution in [-0.4, -0.2) is 53.6 Å². The van der Waals surface area contributed by atoms with Gasteiger partial charge in [0.25, 0.3) is 0 Å². The molecular weight excluding hydrogens is 356 g/mol. The number of carbonyl (C=O) groups is 1. The van der Waals surface area contributed by atoms with Crippen molar-refractivity contribution in [2.75, 3.05) is 13.7 Å². The van der Waals surface area contributed by atoms with Crippen LogP contribution in [0.2, 0.25) is 0 Å². The highest BCUT2D eigenvalue weighted by atomic mass is 32.2. The Balaban J connectivity index is 1.74. The number of hydrogen-bond donors (Lipinski definition) is 2. The number of benzene rings is 2. The largest absolute Gasteiger partial charge is 0.497 e. The molecule has 1 aliphatic heterocycles. The molecule has 0 radical (unpaired) electrons. The Kier molecular flexibility index (Phi) is 6.16. The van der Waals surface area contributed by atoms with E-state index >= 15 is 0 Å². The molecule has 3 rings (SSSR count). The molecule has 0 saturated carbocycles. The molecule has 2 N–H and O–H groups in total. The Morgan fingerprint density at radius 3 is 2.46 bits per heavy atom. The van der Waals surface area contributed by atoms with Gasteiger partial charge in [-0.3, -0.25) is 0 Å². The van der Waals surface area contributed by atoms with Crippen molar-refractivity contribution in [3.63, 3.8) is 0 Å². The highest BCUT2D eigenvalue weighted by Crippen LogP contribution is 2.33. The summed E-state index contributed by atoms with van der Waals surface area (Å²) in [5.74, 6) is 0.0172. The molecule has 0 aromatic heterocycles. The molecule has 1 fully saturated rings. The normalized spacial score (nSPS) is 25.5. The van der Waals surface area contributed by atoms with Gasteiger partial charge in [-0.1, -0.05) is 30.0 Å². The van der Waals surface area contributed by atoms with Crippen molar-refractivity contribution in [1.82, 2.24) is 0 Å². The van der Waals surface area contributed by atoms with Crippen LogP contribution in [0.25, 0.3) is 0 Å². The van der Waals surface area contributed by atoms with E-state index in [2.05, 4.69) is 0 Å². The van der Waals surface area contributed by atoms with E-state index in [-0.39, 0.29) is 6.61 Å². The van der Waals surface area contributed by atoms with E-state index in [0.717, 1.165) is 4.90 Å². The Morgan fingerprint density at radius 1 is 1.12 bits per heavy atom. The Morgan fingerprint density at radius 2 is 1.81 bits per heavy atom. The minimum Gasteiger partial charge on any atom is -0.497 e. The number of thioether (sulfide) groups is 1. The maximum Gasteiger partial charge on any atom is 0.338 e. The predicted molar refractivity (Wildman–Crippen MR) is 96.3 cm³/mol. The fraction of sp³-hybridized carbons (Fsp3) is 0.316. The number of methoxy groups -OCH3 is 1. The maximum atomic E-state index is 12.4. The number of esters is 1. The van der Waals surface area contributed by atoms with Crippen LogP contribution in [0.15, 0.2) is 59.5 Å². The number of aliphatic hydroxyl groups excluding tert-OH is 2. The van der Waals surface area contributed by atoms with Gasteiger partial charge < -0.3 is 24.4 Å². The van der Waals surface area contributed by atoms with Crippen LogP contribution in [0, 0.1) is 0 Å². The Labute approximate surface area is 155 Å². The van der Waals surface area contributed by atoms with Crippen molar-refractivity contribution >= 4 is 17.7 Å².